The molecule has 0 aliphatic rings. The number of amides is 1. The van der Waals surface area contributed by atoms with Crippen LogP contribution in [0.15, 0.2) is 47.6 Å². The van der Waals surface area contributed by atoms with E-state index in [9.17, 15) is 25.1 Å². The summed E-state index contributed by atoms with van der Waals surface area (Å²) >= 11 is 0. The molecule has 0 fully saturated rings. The first kappa shape index (κ1) is 20.8. The van der Waals surface area contributed by atoms with Gasteiger partial charge in [0.2, 0.25) is 5.91 Å². The lowest BCUT2D eigenvalue weighted by Gasteiger charge is -2.11. The Morgan fingerprint density at radius 1 is 1.32 bits per heavy atom. The number of phenols is 1. The Hall–Kier alpha value is -3.46. The standard InChI is InChI=1S/C19H21N3O6/c1-2-28-15-6-4-14(5-7-15)17(23)9-10-19(25)21-20-12-13-3-8-18(24)16(11-13)22(26)27/h3-8,11-12,17,23-24H,2,9-10H2,1H3,(H,21,25)/b20-12-/t17-/m0/s1. The topological polar surface area (TPSA) is 134 Å². The lowest BCUT2D eigenvalue weighted by molar-refractivity contribution is -0.385. The first-order valence-electron chi connectivity index (χ1n) is 8.60. The van der Waals surface area contributed by atoms with E-state index in [0.29, 0.717) is 23.5 Å². The largest absolute Gasteiger partial charge is 0.502 e. The predicted octanol–water partition coefficient (Wildman–Crippen LogP) is 2.66. The van der Waals surface area contributed by atoms with Crippen molar-refractivity contribution in [2.45, 2.75) is 25.9 Å². The van der Waals surface area contributed by atoms with Gasteiger partial charge >= 0.3 is 5.69 Å². The van der Waals surface area contributed by atoms with Crippen molar-refractivity contribution in [1.82, 2.24) is 5.43 Å². The van der Waals surface area contributed by atoms with Gasteiger partial charge in [-0.25, -0.2) is 5.43 Å². The maximum absolute atomic E-state index is 11.8. The first-order valence-corrected chi connectivity index (χ1v) is 8.60. The summed E-state index contributed by atoms with van der Waals surface area (Å²) in [5, 5.41) is 34.0. The summed E-state index contributed by atoms with van der Waals surface area (Å²) in [5.41, 5.74) is 2.87. The third-order valence-electron chi connectivity index (χ3n) is 3.82. The van der Waals surface area contributed by atoms with E-state index in [-0.39, 0.29) is 12.8 Å². The van der Waals surface area contributed by atoms with Crippen LogP contribution in [0.1, 0.15) is 37.0 Å². The number of hydrogen-bond acceptors (Lipinski definition) is 7. The zero-order valence-electron chi connectivity index (χ0n) is 15.2. The summed E-state index contributed by atoms with van der Waals surface area (Å²) in [5.74, 6) is -0.149. The van der Waals surface area contributed by atoms with Crippen LogP contribution in [-0.4, -0.2) is 33.9 Å². The van der Waals surface area contributed by atoms with Crippen LogP contribution >= 0.6 is 0 Å². The van der Waals surface area contributed by atoms with E-state index in [2.05, 4.69) is 10.5 Å². The molecule has 2 aromatic rings. The molecule has 0 unspecified atom stereocenters. The monoisotopic (exact) mass is 387 g/mol. The maximum atomic E-state index is 11.8. The van der Waals surface area contributed by atoms with Gasteiger partial charge in [0.25, 0.3) is 0 Å². The molecule has 0 aliphatic carbocycles. The van der Waals surface area contributed by atoms with Crippen molar-refractivity contribution in [1.29, 1.82) is 0 Å². The number of aromatic hydroxyl groups is 1. The Morgan fingerprint density at radius 3 is 2.68 bits per heavy atom. The van der Waals surface area contributed by atoms with Crippen molar-refractivity contribution in [2.24, 2.45) is 5.10 Å². The van der Waals surface area contributed by atoms with Crippen LogP contribution in [0.4, 0.5) is 5.69 Å². The Kier molecular flexibility index (Phi) is 7.46. The van der Waals surface area contributed by atoms with Crippen molar-refractivity contribution < 1.29 is 24.7 Å². The molecule has 28 heavy (non-hydrogen) atoms. The second-order valence-corrected chi connectivity index (χ2v) is 5.85. The van der Waals surface area contributed by atoms with Crippen LogP contribution < -0.4 is 10.2 Å². The highest BCUT2D eigenvalue weighted by Crippen LogP contribution is 2.25. The summed E-state index contributed by atoms with van der Waals surface area (Å²) < 4.78 is 5.33. The molecule has 148 valence electrons. The minimum Gasteiger partial charge on any atom is -0.502 e. The molecule has 1 amide bonds. The van der Waals surface area contributed by atoms with Crippen LogP contribution in [0.2, 0.25) is 0 Å². The van der Waals surface area contributed by atoms with E-state index in [4.69, 9.17) is 4.74 Å². The van der Waals surface area contributed by atoms with Gasteiger partial charge in [0.15, 0.2) is 5.75 Å². The van der Waals surface area contributed by atoms with E-state index in [0.717, 1.165) is 6.07 Å². The normalized spacial score (nSPS) is 11.9. The number of phenolic OH excluding ortho intramolecular Hbond substituents is 1. The number of carbonyl (C=O) groups excluding carboxylic acids is 1. The second kappa shape index (κ2) is 10.0. The average molecular weight is 387 g/mol. The lowest BCUT2D eigenvalue weighted by Crippen LogP contribution is -2.18. The Morgan fingerprint density at radius 2 is 2.04 bits per heavy atom. The Bertz CT molecular complexity index is 851. The number of nitrogens with zero attached hydrogens (tertiary/aromatic N) is 2. The molecule has 9 nitrogen and oxygen atoms in total. The third kappa shape index (κ3) is 6.06. The zero-order valence-corrected chi connectivity index (χ0v) is 15.2. The highest BCUT2D eigenvalue weighted by molar-refractivity contribution is 5.83. The fourth-order valence-electron chi connectivity index (χ4n) is 2.39. The number of nitro benzene ring substituents is 1. The molecule has 0 saturated carbocycles. The quantitative estimate of drug-likeness (QED) is 0.344. The van der Waals surface area contributed by atoms with Gasteiger partial charge in [0.05, 0.1) is 23.8 Å². The highest BCUT2D eigenvalue weighted by atomic mass is 16.6. The van der Waals surface area contributed by atoms with E-state index in [1.165, 1.54) is 18.3 Å². The molecular formula is C19H21N3O6. The van der Waals surface area contributed by atoms with Gasteiger partial charge in [-0.3, -0.25) is 14.9 Å². The zero-order chi connectivity index (χ0) is 20.5. The van der Waals surface area contributed by atoms with Crippen molar-refractivity contribution in [3.8, 4) is 11.5 Å². The molecular weight excluding hydrogens is 366 g/mol. The van der Waals surface area contributed by atoms with Crippen molar-refractivity contribution in [3.63, 3.8) is 0 Å². The van der Waals surface area contributed by atoms with Crippen molar-refractivity contribution in [3.05, 3.63) is 63.7 Å². The summed E-state index contributed by atoms with van der Waals surface area (Å²) in [4.78, 5) is 21.9. The number of nitrogens with one attached hydrogen (secondary N) is 1. The van der Waals surface area contributed by atoms with Gasteiger partial charge in [0.1, 0.15) is 5.75 Å². The fourth-order valence-corrected chi connectivity index (χ4v) is 2.39. The molecule has 0 saturated heterocycles. The number of nitro groups is 1. The highest BCUT2D eigenvalue weighted by Gasteiger charge is 2.13. The summed E-state index contributed by atoms with van der Waals surface area (Å²) in [7, 11) is 0. The van der Waals surface area contributed by atoms with Gasteiger partial charge in [-0.05, 0) is 43.2 Å². The number of rotatable bonds is 9. The van der Waals surface area contributed by atoms with Gasteiger partial charge < -0.3 is 14.9 Å². The van der Waals surface area contributed by atoms with Gasteiger partial charge in [0, 0.05) is 18.1 Å². The number of hydrazone groups is 1. The Balaban J connectivity index is 1.83. The third-order valence-corrected chi connectivity index (χ3v) is 3.82. The predicted molar refractivity (Wildman–Crippen MR) is 102 cm³/mol. The molecule has 0 spiro atoms. The van der Waals surface area contributed by atoms with E-state index in [1.807, 2.05) is 6.92 Å². The van der Waals surface area contributed by atoms with Crippen LogP contribution in [0.3, 0.4) is 0 Å². The van der Waals surface area contributed by atoms with Gasteiger partial charge in [-0.2, -0.15) is 5.10 Å². The SMILES string of the molecule is CCOc1ccc([C@@H](O)CCC(=O)N/N=C\c2ccc(O)c([N+](=O)[O-])c2)cc1. The summed E-state index contributed by atoms with van der Waals surface area (Å²) in [6, 6.07) is 10.7. The number of hydrogen-bond donors (Lipinski definition) is 3. The molecule has 0 bridgehead atoms. The van der Waals surface area contributed by atoms with Crippen LogP contribution in [0.5, 0.6) is 11.5 Å². The molecule has 0 heterocycles. The number of carbonyl (C=O) groups is 1. The Labute approximate surface area is 161 Å². The molecule has 2 aromatic carbocycles. The molecule has 0 radical (unpaired) electrons. The molecule has 3 N–H and O–H groups in total. The van der Waals surface area contributed by atoms with Crippen LogP contribution in [0.25, 0.3) is 0 Å². The number of ether oxygens (including phenoxy) is 1. The minimum absolute atomic E-state index is 0.0431. The average Bonchev–Trinajstić information content (AvgIpc) is 2.68. The summed E-state index contributed by atoms with van der Waals surface area (Å²) in [6.45, 7) is 2.44. The molecule has 2 rings (SSSR count). The van der Waals surface area contributed by atoms with Crippen LogP contribution in [0, 0.1) is 10.1 Å². The number of aliphatic hydroxyl groups is 1. The second-order valence-electron chi connectivity index (χ2n) is 5.85. The number of benzene rings is 2. The maximum Gasteiger partial charge on any atom is 0.311 e. The van der Waals surface area contributed by atoms with E-state index in [1.54, 1.807) is 24.3 Å². The van der Waals surface area contributed by atoms with Gasteiger partial charge in [-0.15, -0.1) is 0 Å². The smallest absolute Gasteiger partial charge is 0.311 e. The lowest BCUT2D eigenvalue weighted by atomic mass is 10.0. The molecule has 1 atom stereocenters. The molecule has 0 aliphatic heterocycles. The molecule has 0 aromatic heterocycles. The summed E-state index contributed by atoms with van der Waals surface area (Å²) in [6.07, 6.45) is 0.680. The molecule has 9 heteroatoms. The van der Waals surface area contributed by atoms with Gasteiger partial charge in [-0.1, -0.05) is 12.1 Å². The fraction of sp³-hybridized carbons (Fsp3) is 0.263. The van der Waals surface area contributed by atoms with E-state index < -0.39 is 28.4 Å². The first-order chi connectivity index (χ1) is 13.4. The van der Waals surface area contributed by atoms with Crippen molar-refractivity contribution in [2.75, 3.05) is 6.61 Å². The van der Waals surface area contributed by atoms with Crippen molar-refractivity contribution >= 4 is 17.8 Å². The number of aliphatic hydroxyl groups excluding tert-OH is 1. The van der Waals surface area contributed by atoms with Crippen LogP contribution in [-0.2, 0) is 4.79 Å². The minimum atomic E-state index is -0.801. The van der Waals surface area contributed by atoms with E-state index >= 15 is 0 Å².